The third-order valence-corrected chi connectivity index (χ3v) is 5.89. The first-order valence-corrected chi connectivity index (χ1v) is 10.6. The predicted octanol–water partition coefficient (Wildman–Crippen LogP) is 4.73. The van der Waals surface area contributed by atoms with E-state index < -0.39 is 0 Å². The van der Waals surface area contributed by atoms with E-state index in [0.717, 1.165) is 5.56 Å². The van der Waals surface area contributed by atoms with E-state index in [2.05, 4.69) is 10.3 Å². The minimum atomic E-state index is -0.216. The SMILES string of the molecule is Cc1ccc(NC(=O)CSc2nc3ccccc3c(=O)n2Cc2ccco2)cc1Cl. The standard InChI is InChI=1S/C22H18ClN3O3S/c1-14-8-9-15(11-18(14)23)24-20(27)13-30-22-25-19-7-3-2-6-17(19)21(28)26(22)12-16-5-4-10-29-16/h2-11H,12-13H2,1H3,(H,24,27). The van der Waals surface area contributed by atoms with Crippen molar-refractivity contribution in [2.24, 2.45) is 0 Å². The summed E-state index contributed by atoms with van der Waals surface area (Å²) in [7, 11) is 0. The highest BCUT2D eigenvalue weighted by Gasteiger charge is 2.15. The molecule has 2 aromatic carbocycles. The molecule has 2 heterocycles. The molecule has 0 saturated heterocycles. The fourth-order valence-corrected chi connectivity index (χ4v) is 3.93. The summed E-state index contributed by atoms with van der Waals surface area (Å²) in [4.78, 5) is 30.1. The van der Waals surface area contributed by atoms with Crippen LogP contribution in [-0.4, -0.2) is 21.2 Å². The van der Waals surface area contributed by atoms with Gasteiger partial charge in [0.25, 0.3) is 5.56 Å². The van der Waals surface area contributed by atoms with Gasteiger partial charge in [-0.2, -0.15) is 0 Å². The van der Waals surface area contributed by atoms with Crippen LogP contribution in [0.4, 0.5) is 5.69 Å². The zero-order valence-electron chi connectivity index (χ0n) is 16.1. The Morgan fingerprint density at radius 1 is 1.20 bits per heavy atom. The Kier molecular flexibility index (Phi) is 5.92. The van der Waals surface area contributed by atoms with Gasteiger partial charge in [0.1, 0.15) is 5.76 Å². The number of nitrogens with one attached hydrogen (secondary N) is 1. The summed E-state index contributed by atoms with van der Waals surface area (Å²) >= 11 is 7.32. The van der Waals surface area contributed by atoms with E-state index in [4.69, 9.17) is 16.0 Å². The molecule has 0 atom stereocenters. The van der Waals surface area contributed by atoms with Crippen LogP contribution in [0.1, 0.15) is 11.3 Å². The number of nitrogens with zero attached hydrogens (tertiary/aromatic N) is 2. The van der Waals surface area contributed by atoms with Crippen LogP contribution < -0.4 is 10.9 Å². The number of aromatic nitrogens is 2. The first-order chi connectivity index (χ1) is 14.5. The molecule has 4 aromatic rings. The second-order valence-electron chi connectivity index (χ2n) is 6.68. The molecule has 0 saturated carbocycles. The number of hydrogen-bond acceptors (Lipinski definition) is 5. The Balaban J connectivity index is 1.58. The molecular formula is C22H18ClN3O3S. The van der Waals surface area contributed by atoms with Gasteiger partial charge in [0, 0.05) is 10.7 Å². The third kappa shape index (κ3) is 4.42. The van der Waals surface area contributed by atoms with Crippen molar-refractivity contribution in [3.05, 3.63) is 87.6 Å². The average Bonchev–Trinajstić information content (AvgIpc) is 3.25. The van der Waals surface area contributed by atoms with Gasteiger partial charge in [0.05, 0.1) is 29.5 Å². The highest BCUT2D eigenvalue weighted by molar-refractivity contribution is 7.99. The second-order valence-corrected chi connectivity index (χ2v) is 8.03. The Morgan fingerprint density at radius 3 is 2.80 bits per heavy atom. The molecule has 8 heteroatoms. The predicted molar refractivity (Wildman–Crippen MR) is 119 cm³/mol. The summed E-state index contributed by atoms with van der Waals surface area (Å²) in [6.45, 7) is 2.13. The highest BCUT2D eigenvalue weighted by atomic mass is 35.5. The van der Waals surface area contributed by atoms with Crippen LogP contribution in [0, 0.1) is 6.92 Å². The first kappa shape index (κ1) is 20.3. The number of aryl methyl sites for hydroxylation is 1. The monoisotopic (exact) mass is 439 g/mol. The number of carbonyl (C=O) groups excluding carboxylic acids is 1. The van der Waals surface area contributed by atoms with Gasteiger partial charge in [-0.1, -0.05) is 41.6 Å². The number of carbonyl (C=O) groups is 1. The number of hydrogen-bond donors (Lipinski definition) is 1. The summed E-state index contributed by atoms with van der Waals surface area (Å²) < 4.78 is 6.93. The van der Waals surface area contributed by atoms with Crippen molar-refractivity contribution in [2.45, 2.75) is 18.6 Å². The lowest BCUT2D eigenvalue weighted by atomic mass is 10.2. The molecule has 6 nitrogen and oxygen atoms in total. The lowest BCUT2D eigenvalue weighted by molar-refractivity contribution is -0.113. The van der Waals surface area contributed by atoms with Crippen molar-refractivity contribution in [1.82, 2.24) is 9.55 Å². The number of amides is 1. The van der Waals surface area contributed by atoms with Crippen molar-refractivity contribution in [3.8, 4) is 0 Å². The average molecular weight is 440 g/mol. The smallest absolute Gasteiger partial charge is 0.262 e. The molecule has 0 aliphatic rings. The molecule has 0 radical (unpaired) electrons. The third-order valence-electron chi connectivity index (χ3n) is 4.51. The summed E-state index contributed by atoms with van der Waals surface area (Å²) in [5.74, 6) is 0.510. The molecule has 0 aliphatic carbocycles. The van der Waals surface area contributed by atoms with Crippen LogP contribution in [0.15, 0.2) is 75.2 Å². The molecule has 0 fully saturated rings. The van der Waals surface area contributed by atoms with E-state index >= 15 is 0 Å². The number of fused-ring (bicyclic) bond motifs is 1. The van der Waals surface area contributed by atoms with Gasteiger partial charge in [-0.3, -0.25) is 14.2 Å². The van der Waals surface area contributed by atoms with Crippen LogP contribution in [0.25, 0.3) is 10.9 Å². The van der Waals surface area contributed by atoms with Crippen LogP contribution in [0.3, 0.4) is 0 Å². The quantitative estimate of drug-likeness (QED) is 0.347. The number of para-hydroxylation sites is 1. The fourth-order valence-electron chi connectivity index (χ4n) is 2.95. The van der Waals surface area contributed by atoms with E-state index in [9.17, 15) is 9.59 Å². The second kappa shape index (κ2) is 8.77. The molecule has 0 unspecified atom stereocenters. The maximum absolute atomic E-state index is 13.0. The Bertz CT molecular complexity index is 1270. The van der Waals surface area contributed by atoms with E-state index in [1.165, 1.54) is 16.3 Å². The van der Waals surface area contributed by atoms with Gasteiger partial charge in [-0.15, -0.1) is 0 Å². The Hall–Kier alpha value is -3.03. The van der Waals surface area contributed by atoms with E-state index in [1.54, 1.807) is 48.7 Å². The van der Waals surface area contributed by atoms with Gasteiger partial charge in [0.2, 0.25) is 5.91 Å². The van der Waals surface area contributed by atoms with E-state index in [-0.39, 0.29) is 23.8 Å². The summed E-state index contributed by atoms with van der Waals surface area (Å²) in [6.07, 6.45) is 1.56. The largest absolute Gasteiger partial charge is 0.467 e. The number of benzene rings is 2. The Morgan fingerprint density at radius 2 is 2.03 bits per heavy atom. The van der Waals surface area contributed by atoms with Crippen LogP contribution in [0.2, 0.25) is 5.02 Å². The first-order valence-electron chi connectivity index (χ1n) is 9.22. The number of halogens is 1. The normalized spacial score (nSPS) is 11.0. The molecule has 0 bridgehead atoms. The molecule has 1 N–H and O–H groups in total. The topological polar surface area (TPSA) is 77.1 Å². The van der Waals surface area contributed by atoms with Crippen LogP contribution in [-0.2, 0) is 11.3 Å². The van der Waals surface area contributed by atoms with Gasteiger partial charge < -0.3 is 9.73 Å². The lowest BCUT2D eigenvalue weighted by Crippen LogP contribution is -2.24. The maximum atomic E-state index is 13.0. The van der Waals surface area contributed by atoms with Gasteiger partial charge in [-0.25, -0.2) is 4.98 Å². The minimum Gasteiger partial charge on any atom is -0.467 e. The van der Waals surface area contributed by atoms with Crippen molar-refractivity contribution < 1.29 is 9.21 Å². The van der Waals surface area contributed by atoms with E-state index in [1.807, 2.05) is 19.1 Å². The van der Waals surface area contributed by atoms with Gasteiger partial charge in [-0.05, 0) is 48.9 Å². The number of furan rings is 1. The molecule has 0 aliphatic heterocycles. The van der Waals surface area contributed by atoms with Crippen LogP contribution in [0.5, 0.6) is 0 Å². The summed E-state index contributed by atoms with van der Waals surface area (Å²) in [5.41, 5.74) is 1.97. The zero-order chi connectivity index (χ0) is 21.1. The fraction of sp³-hybridized carbons (Fsp3) is 0.136. The zero-order valence-corrected chi connectivity index (χ0v) is 17.7. The Labute approximate surface area is 181 Å². The summed E-state index contributed by atoms with van der Waals surface area (Å²) in [6, 6.07) is 16.1. The lowest BCUT2D eigenvalue weighted by Gasteiger charge is -2.12. The molecule has 4 rings (SSSR count). The number of rotatable bonds is 6. The van der Waals surface area contributed by atoms with Crippen molar-refractivity contribution >= 4 is 45.9 Å². The summed E-state index contributed by atoms with van der Waals surface area (Å²) in [5, 5.41) is 4.38. The minimum absolute atomic E-state index is 0.0917. The van der Waals surface area contributed by atoms with Gasteiger partial charge >= 0.3 is 0 Å². The molecule has 152 valence electrons. The van der Waals surface area contributed by atoms with Crippen molar-refractivity contribution in [2.75, 3.05) is 11.1 Å². The molecule has 1 amide bonds. The molecular weight excluding hydrogens is 422 g/mol. The molecule has 0 spiro atoms. The number of anilines is 1. The van der Waals surface area contributed by atoms with Crippen molar-refractivity contribution in [1.29, 1.82) is 0 Å². The van der Waals surface area contributed by atoms with Crippen LogP contribution >= 0.6 is 23.4 Å². The number of thioether (sulfide) groups is 1. The van der Waals surface area contributed by atoms with E-state index in [0.29, 0.717) is 32.5 Å². The molecule has 30 heavy (non-hydrogen) atoms. The highest BCUT2D eigenvalue weighted by Crippen LogP contribution is 2.22. The van der Waals surface area contributed by atoms with Gasteiger partial charge in [0.15, 0.2) is 5.16 Å². The molecule has 2 aromatic heterocycles. The maximum Gasteiger partial charge on any atom is 0.262 e. The van der Waals surface area contributed by atoms with Crippen molar-refractivity contribution in [3.63, 3.8) is 0 Å².